The van der Waals surface area contributed by atoms with Gasteiger partial charge in [0.05, 0.1) is 12.9 Å². The Morgan fingerprint density at radius 2 is 2.25 bits per heavy atom. The minimum atomic E-state index is -0.476. The van der Waals surface area contributed by atoms with Crippen molar-refractivity contribution in [2.75, 3.05) is 20.7 Å². The second kappa shape index (κ2) is 5.35. The van der Waals surface area contributed by atoms with Gasteiger partial charge in [0, 0.05) is 14.1 Å². The zero-order chi connectivity index (χ0) is 9.56. The second-order valence-electron chi connectivity index (χ2n) is 2.38. The van der Waals surface area contributed by atoms with E-state index in [2.05, 4.69) is 16.3 Å². The van der Waals surface area contributed by atoms with E-state index in [-0.39, 0.29) is 5.70 Å². The Morgan fingerprint density at radius 1 is 1.67 bits per heavy atom. The van der Waals surface area contributed by atoms with Crippen molar-refractivity contribution in [1.29, 1.82) is 0 Å². The maximum absolute atomic E-state index is 10.9. The molecular formula is C8H14N2O2. The smallest absolute Gasteiger partial charge is 0.356 e. The molecule has 0 heterocycles. The van der Waals surface area contributed by atoms with Crippen LogP contribution in [0, 0.1) is 0 Å². The second-order valence-corrected chi connectivity index (χ2v) is 2.38. The van der Waals surface area contributed by atoms with Gasteiger partial charge in [0.2, 0.25) is 0 Å². The van der Waals surface area contributed by atoms with Crippen LogP contribution in [0.15, 0.2) is 17.3 Å². The Labute approximate surface area is 72.5 Å². The summed E-state index contributed by atoms with van der Waals surface area (Å²) < 4.78 is 4.67. The molecule has 0 radical (unpaired) electrons. The number of esters is 1. The number of ether oxygens (including phenoxy) is 1. The zero-order valence-corrected chi connectivity index (χ0v) is 7.70. The third kappa shape index (κ3) is 4.49. The lowest BCUT2D eigenvalue weighted by Crippen LogP contribution is -2.10. The summed E-state index contributed by atoms with van der Waals surface area (Å²) in [5.41, 5.74) is 0.116. The molecule has 68 valence electrons. The average molecular weight is 170 g/mol. The highest BCUT2D eigenvalue weighted by Gasteiger charge is 2.04. The van der Waals surface area contributed by atoms with Gasteiger partial charge in [0.1, 0.15) is 5.70 Å². The molecule has 0 aromatic heterocycles. The zero-order valence-electron chi connectivity index (χ0n) is 7.70. The summed E-state index contributed by atoms with van der Waals surface area (Å²) in [6.07, 6.45) is 1.50. The molecule has 4 nitrogen and oxygen atoms in total. The molecule has 0 N–H and O–H groups in total. The van der Waals surface area contributed by atoms with Crippen LogP contribution in [0.5, 0.6) is 0 Å². The van der Waals surface area contributed by atoms with Crippen molar-refractivity contribution < 1.29 is 9.53 Å². The lowest BCUT2D eigenvalue weighted by molar-refractivity contribution is -0.138. The summed E-state index contributed by atoms with van der Waals surface area (Å²) in [5, 5.41) is 0. The van der Waals surface area contributed by atoms with Crippen molar-refractivity contribution in [3.8, 4) is 0 Å². The molecule has 0 aromatic carbocycles. The molecule has 4 heteroatoms. The van der Waals surface area contributed by atoms with E-state index in [1.165, 1.54) is 6.34 Å². The van der Waals surface area contributed by atoms with Crippen molar-refractivity contribution in [2.45, 2.75) is 6.92 Å². The van der Waals surface area contributed by atoms with E-state index >= 15 is 0 Å². The van der Waals surface area contributed by atoms with E-state index in [1.54, 1.807) is 11.8 Å². The van der Waals surface area contributed by atoms with Crippen LogP contribution in [0.25, 0.3) is 0 Å². The summed E-state index contributed by atoms with van der Waals surface area (Å²) in [6, 6.07) is 0. The maximum atomic E-state index is 10.9. The molecule has 0 fully saturated rings. The maximum Gasteiger partial charge on any atom is 0.356 e. The van der Waals surface area contributed by atoms with E-state index in [4.69, 9.17) is 0 Å². The Morgan fingerprint density at radius 3 is 2.67 bits per heavy atom. The van der Waals surface area contributed by atoms with E-state index in [0.29, 0.717) is 6.61 Å². The molecule has 0 spiro atoms. The van der Waals surface area contributed by atoms with Crippen molar-refractivity contribution >= 4 is 12.3 Å². The van der Waals surface area contributed by atoms with E-state index in [9.17, 15) is 4.79 Å². The predicted molar refractivity (Wildman–Crippen MR) is 48.0 cm³/mol. The molecule has 0 atom stereocenters. The fraction of sp³-hybridized carbons (Fsp3) is 0.500. The number of nitrogens with zero attached hydrogens (tertiary/aromatic N) is 2. The quantitative estimate of drug-likeness (QED) is 0.269. The highest BCUT2D eigenvalue weighted by Crippen LogP contribution is 1.95. The Balaban J connectivity index is 3.95. The molecule has 0 saturated heterocycles. The number of carbonyl (C=O) groups is 1. The number of hydrogen-bond acceptors (Lipinski definition) is 3. The van der Waals surface area contributed by atoms with Gasteiger partial charge in [0.25, 0.3) is 0 Å². The van der Waals surface area contributed by atoms with E-state index < -0.39 is 5.97 Å². The molecular weight excluding hydrogens is 156 g/mol. The van der Waals surface area contributed by atoms with Crippen LogP contribution in [0.1, 0.15) is 6.92 Å². The first kappa shape index (κ1) is 10.7. The van der Waals surface area contributed by atoms with Crippen molar-refractivity contribution in [1.82, 2.24) is 4.90 Å². The highest BCUT2D eigenvalue weighted by molar-refractivity contribution is 5.88. The fourth-order valence-electron chi connectivity index (χ4n) is 0.452. The van der Waals surface area contributed by atoms with Gasteiger partial charge < -0.3 is 9.64 Å². The Kier molecular flexibility index (Phi) is 4.76. The van der Waals surface area contributed by atoms with Crippen molar-refractivity contribution in [2.24, 2.45) is 4.99 Å². The van der Waals surface area contributed by atoms with Gasteiger partial charge in [-0.1, -0.05) is 6.58 Å². The Hall–Kier alpha value is -1.32. The van der Waals surface area contributed by atoms with Crippen molar-refractivity contribution in [3.63, 3.8) is 0 Å². The molecule has 0 rings (SSSR count). The van der Waals surface area contributed by atoms with Gasteiger partial charge in [0.15, 0.2) is 0 Å². The van der Waals surface area contributed by atoms with Crippen LogP contribution in [0.3, 0.4) is 0 Å². The van der Waals surface area contributed by atoms with Crippen LogP contribution in [0.4, 0.5) is 0 Å². The summed E-state index contributed by atoms with van der Waals surface area (Å²) in [7, 11) is 3.61. The van der Waals surface area contributed by atoms with Crippen LogP contribution in [-0.4, -0.2) is 37.9 Å². The monoisotopic (exact) mass is 170 g/mol. The van der Waals surface area contributed by atoms with Gasteiger partial charge in [-0.3, -0.25) is 0 Å². The normalized spacial score (nSPS) is 9.92. The van der Waals surface area contributed by atoms with Gasteiger partial charge in [-0.25, -0.2) is 9.79 Å². The Bertz CT molecular complexity index is 197. The molecule has 12 heavy (non-hydrogen) atoms. The molecule has 0 saturated carbocycles. The van der Waals surface area contributed by atoms with Gasteiger partial charge in [-0.05, 0) is 6.92 Å². The number of rotatable bonds is 4. The summed E-state index contributed by atoms with van der Waals surface area (Å²) in [4.78, 5) is 16.4. The first-order valence-electron chi connectivity index (χ1n) is 3.64. The number of carbonyl (C=O) groups excluding carboxylic acids is 1. The summed E-state index contributed by atoms with van der Waals surface area (Å²) >= 11 is 0. The lowest BCUT2D eigenvalue weighted by Gasteiger charge is -2.03. The third-order valence-electron chi connectivity index (χ3n) is 0.956. The predicted octanol–water partition coefficient (Wildman–Crippen LogP) is 0.653. The largest absolute Gasteiger partial charge is 0.461 e. The molecule has 0 bridgehead atoms. The van der Waals surface area contributed by atoms with E-state index in [1.807, 2.05) is 14.1 Å². The molecule has 0 aliphatic carbocycles. The minimum Gasteiger partial charge on any atom is -0.461 e. The first-order chi connectivity index (χ1) is 5.57. The van der Waals surface area contributed by atoms with Gasteiger partial charge in [-0.2, -0.15) is 0 Å². The van der Waals surface area contributed by atoms with Crippen LogP contribution < -0.4 is 0 Å². The third-order valence-corrected chi connectivity index (χ3v) is 0.956. The minimum absolute atomic E-state index is 0.116. The molecule has 0 amide bonds. The SMILES string of the molecule is C=C(N=CN(C)C)C(=O)OCC. The van der Waals surface area contributed by atoms with Gasteiger partial charge >= 0.3 is 5.97 Å². The highest BCUT2D eigenvalue weighted by atomic mass is 16.5. The van der Waals surface area contributed by atoms with E-state index in [0.717, 1.165) is 0 Å². The number of aliphatic imine (C=N–C) groups is 1. The lowest BCUT2D eigenvalue weighted by atomic mass is 10.5. The number of hydrogen-bond donors (Lipinski definition) is 0. The molecule has 0 unspecified atom stereocenters. The molecule has 0 aliphatic heterocycles. The topological polar surface area (TPSA) is 41.9 Å². The van der Waals surface area contributed by atoms with Crippen LogP contribution >= 0.6 is 0 Å². The average Bonchev–Trinajstić information content (AvgIpc) is 2.00. The first-order valence-corrected chi connectivity index (χ1v) is 3.64. The molecule has 0 aliphatic rings. The molecule has 0 aromatic rings. The fourth-order valence-corrected chi connectivity index (χ4v) is 0.452. The summed E-state index contributed by atoms with van der Waals surface area (Å²) in [6.45, 7) is 5.53. The van der Waals surface area contributed by atoms with Gasteiger partial charge in [-0.15, -0.1) is 0 Å². The standard InChI is InChI=1S/C8H14N2O2/c1-5-12-8(11)7(2)9-6-10(3)4/h6H,2,5H2,1,3-4H3. The van der Waals surface area contributed by atoms with Crippen LogP contribution in [-0.2, 0) is 9.53 Å². The van der Waals surface area contributed by atoms with Crippen molar-refractivity contribution in [3.05, 3.63) is 12.3 Å². The summed E-state index contributed by atoms with van der Waals surface area (Å²) in [5.74, 6) is -0.476. The van der Waals surface area contributed by atoms with Crippen LogP contribution in [0.2, 0.25) is 0 Å².